The van der Waals surface area contributed by atoms with Gasteiger partial charge in [-0.1, -0.05) is 32.6 Å². The maximum absolute atomic E-state index is 14.2. The minimum atomic E-state index is -4.52. The largest absolute Gasteiger partial charge is 0.418 e. The summed E-state index contributed by atoms with van der Waals surface area (Å²) >= 11 is 0. The number of aromatic nitrogens is 2. The molecule has 4 fully saturated rings. The smallest absolute Gasteiger partial charge is 0.299 e. The number of hydrazine groups is 1. The minimum Gasteiger partial charge on any atom is -0.299 e. The first kappa shape index (κ1) is 26.3. The second kappa shape index (κ2) is 10.6. The van der Waals surface area contributed by atoms with Crippen molar-refractivity contribution in [1.29, 1.82) is 0 Å². The van der Waals surface area contributed by atoms with Gasteiger partial charge in [0.1, 0.15) is 0 Å². The summed E-state index contributed by atoms with van der Waals surface area (Å²) in [5, 5.41) is 3.53. The number of piperidine rings is 1. The van der Waals surface area contributed by atoms with Gasteiger partial charge in [-0.3, -0.25) is 19.2 Å². The third-order valence-corrected chi connectivity index (χ3v) is 9.67. The Balaban J connectivity index is 1.30. The molecule has 2 saturated carbocycles. The maximum atomic E-state index is 14.2. The zero-order chi connectivity index (χ0) is 26.4. The van der Waals surface area contributed by atoms with Crippen LogP contribution in [0.3, 0.4) is 0 Å². The zero-order valence-corrected chi connectivity index (χ0v) is 22.3. The van der Waals surface area contributed by atoms with Crippen LogP contribution in [0.1, 0.15) is 81.9 Å². The van der Waals surface area contributed by atoms with E-state index in [4.69, 9.17) is 0 Å². The molecule has 6 rings (SSSR count). The van der Waals surface area contributed by atoms with Gasteiger partial charge >= 0.3 is 11.9 Å². The highest BCUT2D eigenvalue weighted by Crippen LogP contribution is 2.46. The molecule has 0 amide bonds. The summed E-state index contributed by atoms with van der Waals surface area (Å²) in [7, 11) is 0. The first-order chi connectivity index (χ1) is 18.3. The lowest BCUT2D eigenvalue weighted by Crippen LogP contribution is -2.49. The van der Waals surface area contributed by atoms with Crippen LogP contribution in [0.4, 0.5) is 13.2 Å². The Morgan fingerprint density at radius 2 is 1.84 bits per heavy atom. The number of halogens is 3. The standard InChI is InChI=1S/C28H41F3N6O/c1-18-5-4-10-35(13-18)14-19-11-23(28(29,30)31)24-16-36(27(38)37(24)15-19)22-9-3-8-21(12-22)25(20-6-2-7-20)26-32-17-33-34-26/h11,15-16,18,20-22,25-26,32-34H,2-10,12-14,17H2,1H3/t18-,21?,22?,25-,26?/m0/s1. The molecule has 5 atom stereocenters. The molecule has 0 spiro atoms. The third kappa shape index (κ3) is 5.17. The summed E-state index contributed by atoms with van der Waals surface area (Å²) in [6.07, 6.45) is 8.50. The fraction of sp³-hybridized carbons (Fsp3) is 0.750. The maximum Gasteiger partial charge on any atom is 0.418 e. The summed E-state index contributed by atoms with van der Waals surface area (Å²) < 4.78 is 45.6. The SMILES string of the molecule is C[C@H]1CCCN(Cc2cc(C(F)(F)F)c3cn(C4CCCC([C@H](C5CCC5)C5NCNN5)C4)c(=O)n3c2)C1. The van der Waals surface area contributed by atoms with E-state index in [1.807, 2.05) is 0 Å². The average molecular weight is 535 g/mol. The van der Waals surface area contributed by atoms with Gasteiger partial charge in [-0.05, 0) is 74.0 Å². The number of imidazole rings is 1. The highest BCUT2D eigenvalue weighted by atomic mass is 19.4. The predicted octanol–water partition coefficient (Wildman–Crippen LogP) is 4.48. The summed E-state index contributed by atoms with van der Waals surface area (Å²) in [6, 6.07) is 1.18. The second-order valence-corrected chi connectivity index (χ2v) is 12.3. The fourth-order valence-corrected chi connectivity index (χ4v) is 7.69. The molecule has 2 aliphatic heterocycles. The molecule has 2 aromatic heterocycles. The molecule has 0 bridgehead atoms. The summed E-state index contributed by atoms with van der Waals surface area (Å²) in [6.45, 7) is 5.11. The topological polar surface area (TPSA) is 65.7 Å². The van der Waals surface area contributed by atoms with E-state index in [-0.39, 0.29) is 23.4 Å². The van der Waals surface area contributed by atoms with Crippen LogP contribution in [0.2, 0.25) is 0 Å². The van der Waals surface area contributed by atoms with Gasteiger partial charge in [0, 0.05) is 31.5 Å². The quantitative estimate of drug-likeness (QED) is 0.510. The Morgan fingerprint density at radius 1 is 1.05 bits per heavy atom. The van der Waals surface area contributed by atoms with Gasteiger partial charge in [0.2, 0.25) is 0 Å². The number of hydrogen-bond acceptors (Lipinski definition) is 5. The second-order valence-electron chi connectivity index (χ2n) is 12.3. The van der Waals surface area contributed by atoms with Crippen LogP contribution in [0, 0.1) is 23.7 Å². The molecule has 2 aliphatic carbocycles. The molecule has 7 nitrogen and oxygen atoms in total. The van der Waals surface area contributed by atoms with Gasteiger partial charge in [-0.2, -0.15) is 13.2 Å². The van der Waals surface area contributed by atoms with Crippen LogP contribution in [0.25, 0.3) is 5.52 Å². The van der Waals surface area contributed by atoms with E-state index >= 15 is 0 Å². The average Bonchev–Trinajstić information content (AvgIpc) is 3.49. The van der Waals surface area contributed by atoms with Crippen LogP contribution < -0.4 is 21.9 Å². The zero-order valence-electron chi connectivity index (χ0n) is 22.3. The van der Waals surface area contributed by atoms with Crippen molar-refractivity contribution in [3.05, 3.63) is 40.1 Å². The van der Waals surface area contributed by atoms with Crippen molar-refractivity contribution < 1.29 is 13.2 Å². The molecular formula is C28H41F3N6O. The van der Waals surface area contributed by atoms with Crippen LogP contribution in [0.5, 0.6) is 0 Å². The number of pyridine rings is 1. The lowest BCUT2D eigenvalue weighted by Gasteiger charge is -2.44. The van der Waals surface area contributed by atoms with E-state index < -0.39 is 11.7 Å². The van der Waals surface area contributed by atoms with Gasteiger partial charge in [0.25, 0.3) is 0 Å². The van der Waals surface area contributed by atoms with Crippen molar-refractivity contribution in [3.8, 4) is 0 Å². The van der Waals surface area contributed by atoms with Crippen LogP contribution in [-0.2, 0) is 12.7 Å². The van der Waals surface area contributed by atoms with Crippen molar-refractivity contribution in [2.45, 2.75) is 89.6 Å². The van der Waals surface area contributed by atoms with E-state index in [1.165, 1.54) is 35.9 Å². The number of hydrogen-bond donors (Lipinski definition) is 3. The molecule has 4 aliphatic rings. The molecule has 2 aromatic rings. The van der Waals surface area contributed by atoms with Gasteiger partial charge in [0.05, 0.1) is 23.9 Å². The molecule has 38 heavy (non-hydrogen) atoms. The molecule has 0 aromatic carbocycles. The van der Waals surface area contributed by atoms with E-state index in [9.17, 15) is 18.0 Å². The van der Waals surface area contributed by atoms with Crippen molar-refractivity contribution in [2.75, 3.05) is 19.8 Å². The number of rotatable bonds is 6. The first-order valence-electron chi connectivity index (χ1n) is 14.6. The molecule has 3 unspecified atom stereocenters. The highest BCUT2D eigenvalue weighted by Gasteiger charge is 2.42. The van der Waals surface area contributed by atoms with Crippen LogP contribution >= 0.6 is 0 Å². The lowest BCUT2D eigenvalue weighted by atomic mass is 9.65. The van der Waals surface area contributed by atoms with Gasteiger partial charge in [0.15, 0.2) is 0 Å². The Labute approximate surface area is 222 Å². The Kier molecular flexibility index (Phi) is 7.35. The third-order valence-electron chi connectivity index (χ3n) is 9.67. The number of likely N-dealkylation sites (tertiary alicyclic amines) is 1. The first-order valence-corrected chi connectivity index (χ1v) is 14.6. The van der Waals surface area contributed by atoms with Gasteiger partial charge < -0.3 is 0 Å². The Morgan fingerprint density at radius 3 is 2.53 bits per heavy atom. The van der Waals surface area contributed by atoms with Gasteiger partial charge in [-0.25, -0.2) is 15.6 Å². The van der Waals surface area contributed by atoms with Crippen molar-refractivity contribution in [1.82, 2.24) is 30.0 Å². The Hall–Kier alpha value is -1.88. The molecule has 10 heteroatoms. The summed E-state index contributed by atoms with van der Waals surface area (Å²) in [5.41, 5.74) is 6.06. The fourth-order valence-electron chi connectivity index (χ4n) is 7.69. The van der Waals surface area contributed by atoms with Crippen molar-refractivity contribution >= 4 is 5.52 Å². The van der Waals surface area contributed by atoms with Crippen molar-refractivity contribution in [3.63, 3.8) is 0 Å². The minimum absolute atomic E-state index is 0.0285. The van der Waals surface area contributed by atoms with E-state index in [1.54, 1.807) is 10.8 Å². The van der Waals surface area contributed by atoms with Crippen molar-refractivity contribution in [2.24, 2.45) is 23.7 Å². The molecule has 4 heterocycles. The lowest BCUT2D eigenvalue weighted by molar-refractivity contribution is -0.136. The molecule has 0 radical (unpaired) electrons. The number of nitrogens with one attached hydrogen (secondary N) is 3. The summed E-state index contributed by atoms with van der Waals surface area (Å²) in [4.78, 5) is 15.9. The van der Waals surface area contributed by atoms with Crippen LogP contribution in [0.15, 0.2) is 23.3 Å². The van der Waals surface area contributed by atoms with Crippen LogP contribution in [-0.4, -0.2) is 39.8 Å². The number of fused-ring (bicyclic) bond motifs is 1. The highest BCUT2D eigenvalue weighted by molar-refractivity contribution is 5.56. The summed E-state index contributed by atoms with van der Waals surface area (Å²) in [5.74, 6) is 2.08. The molecule has 2 saturated heterocycles. The number of nitrogens with zero attached hydrogens (tertiary/aromatic N) is 3. The van der Waals surface area contributed by atoms with E-state index in [0.717, 1.165) is 58.3 Å². The normalized spacial score (nSPS) is 30.5. The molecule has 3 N–H and O–H groups in total. The van der Waals surface area contributed by atoms with E-state index in [2.05, 4.69) is 28.0 Å². The molecular weight excluding hydrogens is 493 g/mol. The van der Waals surface area contributed by atoms with E-state index in [0.29, 0.717) is 35.8 Å². The predicted molar refractivity (Wildman–Crippen MR) is 140 cm³/mol. The number of alkyl halides is 3. The van der Waals surface area contributed by atoms with Gasteiger partial charge in [-0.15, -0.1) is 0 Å². The monoisotopic (exact) mass is 534 g/mol. The molecule has 210 valence electrons. The Bertz CT molecular complexity index is 1180.